The van der Waals surface area contributed by atoms with Gasteiger partial charge in [0.05, 0.1) is 26.2 Å². The van der Waals surface area contributed by atoms with Gasteiger partial charge < -0.3 is 15.2 Å². The Morgan fingerprint density at radius 3 is 2.56 bits per heavy atom. The summed E-state index contributed by atoms with van der Waals surface area (Å²) in [5.74, 6) is -0.784. The molecule has 5 nitrogen and oxygen atoms in total. The van der Waals surface area contributed by atoms with E-state index in [1.807, 2.05) is 0 Å². The van der Waals surface area contributed by atoms with Crippen LogP contribution in [-0.4, -0.2) is 26.2 Å². The zero-order chi connectivity index (χ0) is 13.5. The molecule has 1 aromatic rings. The van der Waals surface area contributed by atoms with Crippen molar-refractivity contribution in [3.05, 3.63) is 35.4 Å². The normalized spacial score (nSPS) is 10.3. The number of ether oxygens (including phenoxy) is 2. The molecule has 0 heterocycles. The number of nitrogen functional groups attached to an aromatic ring is 1. The molecule has 2 N–H and O–H groups in total. The summed E-state index contributed by atoms with van der Waals surface area (Å²) in [6, 6.07) is 4.86. The van der Waals surface area contributed by atoms with Gasteiger partial charge in [0, 0.05) is 5.69 Å². The highest BCUT2D eigenvalue weighted by atomic mass is 16.5. The van der Waals surface area contributed by atoms with E-state index in [0.29, 0.717) is 11.3 Å². The Balaban J connectivity index is 2.86. The van der Waals surface area contributed by atoms with E-state index in [-0.39, 0.29) is 12.4 Å². The number of carbonyl (C=O) groups is 2. The zero-order valence-corrected chi connectivity index (χ0v) is 10.3. The topological polar surface area (TPSA) is 78.6 Å². The van der Waals surface area contributed by atoms with Gasteiger partial charge in [-0.1, -0.05) is 12.2 Å². The maximum Gasteiger partial charge on any atom is 0.337 e. The van der Waals surface area contributed by atoms with E-state index >= 15 is 0 Å². The minimum atomic E-state index is -0.454. The van der Waals surface area contributed by atoms with Crippen LogP contribution in [0.1, 0.15) is 22.3 Å². The Kier molecular flexibility index (Phi) is 4.92. The minimum Gasteiger partial charge on any atom is -0.469 e. The third kappa shape index (κ3) is 3.93. The van der Waals surface area contributed by atoms with Crippen molar-refractivity contribution in [2.75, 3.05) is 20.0 Å². The lowest BCUT2D eigenvalue weighted by molar-refractivity contribution is -0.139. The summed E-state index contributed by atoms with van der Waals surface area (Å²) in [6.07, 6.45) is 3.50. The van der Waals surface area contributed by atoms with Crippen LogP contribution in [-0.2, 0) is 14.3 Å². The number of hydrogen-bond acceptors (Lipinski definition) is 5. The quantitative estimate of drug-likeness (QED) is 0.648. The van der Waals surface area contributed by atoms with Gasteiger partial charge in [-0.15, -0.1) is 0 Å². The summed E-state index contributed by atoms with van der Waals surface area (Å²) < 4.78 is 9.12. The Labute approximate surface area is 105 Å². The van der Waals surface area contributed by atoms with E-state index in [1.54, 1.807) is 24.3 Å². The van der Waals surface area contributed by atoms with Crippen LogP contribution in [0.4, 0.5) is 5.69 Å². The molecule has 0 aliphatic carbocycles. The SMILES string of the molecule is COC(=O)CC=Cc1cc(N)cc(C(=O)OC)c1. The van der Waals surface area contributed by atoms with Crippen molar-refractivity contribution in [2.24, 2.45) is 0 Å². The maximum absolute atomic E-state index is 11.4. The van der Waals surface area contributed by atoms with Gasteiger partial charge in [0.2, 0.25) is 0 Å². The summed E-state index contributed by atoms with van der Waals surface area (Å²) in [4.78, 5) is 22.3. The van der Waals surface area contributed by atoms with Gasteiger partial charge in [-0.3, -0.25) is 4.79 Å². The second-order valence-electron chi connectivity index (χ2n) is 3.56. The molecule has 18 heavy (non-hydrogen) atoms. The second-order valence-corrected chi connectivity index (χ2v) is 3.56. The van der Waals surface area contributed by atoms with Crippen LogP contribution in [0, 0.1) is 0 Å². The molecule has 0 aromatic heterocycles. The van der Waals surface area contributed by atoms with Crippen LogP contribution in [0.2, 0.25) is 0 Å². The molecule has 0 spiro atoms. The molecule has 0 unspecified atom stereocenters. The van der Waals surface area contributed by atoms with Gasteiger partial charge in [-0.2, -0.15) is 0 Å². The van der Waals surface area contributed by atoms with Crippen molar-refractivity contribution in [2.45, 2.75) is 6.42 Å². The minimum absolute atomic E-state index is 0.166. The van der Waals surface area contributed by atoms with Gasteiger partial charge in [0.1, 0.15) is 0 Å². The summed E-state index contributed by atoms with van der Waals surface area (Å²) in [7, 11) is 2.63. The van der Waals surface area contributed by atoms with Crippen molar-refractivity contribution in [1.82, 2.24) is 0 Å². The Morgan fingerprint density at radius 2 is 1.94 bits per heavy atom. The highest BCUT2D eigenvalue weighted by Crippen LogP contribution is 2.14. The molecule has 0 aliphatic heterocycles. The first-order valence-corrected chi connectivity index (χ1v) is 5.29. The number of nitrogens with two attached hydrogens (primary N) is 1. The summed E-state index contributed by atoms with van der Waals surface area (Å²) in [6.45, 7) is 0. The lowest BCUT2D eigenvalue weighted by Gasteiger charge is -2.03. The van der Waals surface area contributed by atoms with Gasteiger partial charge in [0.15, 0.2) is 0 Å². The number of anilines is 1. The van der Waals surface area contributed by atoms with Gasteiger partial charge in [-0.25, -0.2) is 4.79 Å². The summed E-state index contributed by atoms with van der Waals surface area (Å²) >= 11 is 0. The standard InChI is InChI=1S/C13H15NO4/c1-17-12(15)5-3-4-9-6-10(13(16)18-2)8-11(14)7-9/h3-4,6-8H,5,14H2,1-2H3. The van der Waals surface area contributed by atoms with Crippen molar-refractivity contribution >= 4 is 23.7 Å². The summed E-state index contributed by atoms with van der Waals surface area (Å²) in [5.41, 5.74) is 7.22. The molecule has 1 rings (SSSR count). The van der Waals surface area contributed by atoms with Crippen LogP contribution >= 0.6 is 0 Å². The van der Waals surface area contributed by atoms with Gasteiger partial charge >= 0.3 is 11.9 Å². The predicted octanol–water partition coefficient (Wildman–Crippen LogP) is 1.63. The van der Waals surface area contributed by atoms with Crippen molar-refractivity contribution in [1.29, 1.82) is 0 Å². The smallest absolute Gasteiger partial charge is 0.337 e. The zero-order valence-electron chi connectivity index (χ0n) is 10.3. The molecule has 5 heteroatoms. The van der Waals surface area contributed by atoms with Crippen molar-refractivity contribution in [3.8, 4) is 0 Å². The van der Waals surface area contributed by atoms with Gasteiger partial charge in [-0.05, 0) is 23.8 Å². The number of benzene rings is 1. The average molecular weight is 249 g/mol. The highest BCUT2D eigenvalue weighted by Gasteiger charge is 2.06. The molecular weight excluding hydrogens is 234 g/mol. The van der Waals surface area contributed by atoms with Crippen LogP contribution in [0.25, 0.3) is 6.08 Å². The van der Waals surface area contributed by atoms with E-state index < -0.39 is 5.97 Å². The fraction of sp³-hybridized carbons (Fsp3) is 0.231. The first kappa shape index (κ1) is 13.8. The molecule has 0 aliphatic rings. The third-order valence-corrected chi connectivity index (χ3v) is 2.22. The number of carbonyl (C=O) groups excluding carboxylic acids is 2. The van der Waals surface area contributed by atoms with Crippen LogP contribution in [0.15, 0.2) is 24.3 Å². The van der Waals surface area contributed by atoms with E-state index in [4.69, 9.17) is 5.73 Å². The fourth-order valence-electron chi connectivity index (χ4n) is 1.38. The number of methoxy groups -OCH3 is 2. The second kappa shape index (κ2) is 6.44. The van der Waals surface area contributed by atoms with E-state index in [2.05, 4.69) is 9.47 Å². The number of hydrogen-bond donors (Lipinski definition) is 1. The first-order chi connectivity index (χ1) is 8.56. The molecule has 0 atom stereocenters. The van der Waals surface area contributed by atoms with E-state index in [0.717, 1.165) is 5.56 Å². The molecule has 0 fully saturated rings. The third-order valence-electron chi connectivity index (χ3n) is 2.22. The molecule has 0 bridgehead atoms. The van der Waals surface area contributed by atoms with E-state index in [9.17, 15) is 9.59 Å². The molecule has 0 amide bonds. The maximum atomic E-state index is 11.4. The lowest BCUT2D eigenvalue weighted by Crippen LogP contribution is -2.02. The van der Waals surface area contributed by atoms with Crippen molar-refractivity contribution < 1.29 is 19.1 Å². The Morgan fingerprint density at radius 1 is 1.22 bits per heavy atom. The molecular formula is C13H15NO4. The molecule has 0 saturated heterocycles. The van der Waals surface area contributed by atoms with Gasteiger partial charge in [0.25, 0.3) is 0 Å². The van der Waals surface area contributed by atoms with Crippen LogP contribution in [0.5, 0.6) is 0 Å². The van der Waals surface area contributed by atoms with Crippen molar-refractivity contribution in [3.63, 3.8) is 0 Å². The average Bonchev–Trinajstić information content (AvgIpc) is 2.36. The van der Waals surface area contributed by atoms with Crippen LogP contribution < -0.4 is 5.73 Å². The first-order valence-electron chi connectivity index (χ1n) is 5.29. The van der Waals surface area contributed by atoms with E-state index in [1.165, 1.54) is 20.3 Å². The predicted molar refractivity (Wildman–Crippen MR) is 67.9 cm³/mol. The Hall–Kier alpha value is -2.30. The molecule has 0 radical (unpaired) electrons. The fourth-order valence-corrected chi connectivity index (χ4v) is 1.38. The molecule has 96 valence electrons. The largest absolute Gasteiger partial charge is 0.469 e. The van der Waals surface area contributed by atoms with Crippen LogP contribution in [0.3, 0.4) is 0 Å². The lowest BCUT2D eigenvalue weighted by atomic mass is 10.1. The number of rotatable bonds is 4. The molecule has 1 aromatic carbocycles. The summed E-state index contributed by atoms with van der Waals surface area (Å²) in [5, 5.41) is 0. The Bertz CT molecular complexity index is 480. The number of esters is 2. The monoisotopic (exact) mass is 249 g/mol. The highest BCUT2D eigenvalue weighted by molar-refractivity contribution is 5.91. The molecule has 0 saturated carbocycles.